The summed E-state index contributed by atoms with van der Waals surface area (Å²) in [5.41, 5.74) is 1.41. The standard InChI is InChI=1S/C20H24F2N6O2/c1-6-12-8-24-28-15(27-10-19(2,3)20(21,22)11-27)7-14(25-16(12)28)13-9-23-18(30-5)26-17(13)29-4/h7-9H,6,10-11H2,1-5H3. The molecule has 4 rings (SSSR count). The van der Waals surface area contributed by atoms with Crippen LogP contribution in [0.15, 0.2) is 18.5 Å². The Labute approximate surface area is 172 Å². The minimum absolute atomic E-state index is 0.163. The van der Waals surface area contributed by atoms with Crippen molar-refractivity contribution in [3.05, 3.63) is 24.0 Å². The number of halogens is 2. The lowest BCUT2D eigenvalue weighted by molar-refractivity contribution is -0.0643. The molecule has 8 nitrogen and oxygen atoms in total. The molecule has 10 heteroatoms. The van der Waals surface area contributed by atoms with Crippen LogP contribution in [0.25, 0.3) is 16.9 Å². The zero-order valence-electron chi connectivity index (χ0n) is 17.6. The molecule has 0 N–H and O–H groups in total. The second-order valence-corrected chi connectivity index (χ2v) is 7.98. The smallest absolute Gasteiger partial charge is 0.319 e. The monoisotopic (exact) mass is 418 g/mol. The predicted molar refractivity (Wildman–Crippen MR) is 107 cm³/mol. The van der Waals surface area contributed by atoms with Gasteiger partial charge in [0, 0.05) is 29.8 Å². The normalized spacial score (nSPS) is 17.5. The fourth-order valence-corrected chi connectivity index (χ4v) is 3.65. The summed E-state index contributed by atoms with van der Waals surface area (Å²) in [7, 11) is 2.95. The second kappa shape index (κ2) is 7.03. The number of nitrogens with zero attached hydrogens (tertiary/aromatic N) is 6. The van der Waals surface area contributed by atoms with Gasteiger partial charge in [-0.15, -0.1) is 0 Å². The minimum atomic E-state index is -2.83. The van der Waals surface area contributed by atoms with E-state index in [0.29, 0.717) is 29.1 Å². The third kappa shape index (κ3) is 3.10. The number of anilines is 1. The highest BCUT2D eigenvalue weighted by Gasteiger charge is 2.54. The Morgan fingerprint density at radius 1 is 1.10 bits per heavy atom. The van der Waals surface area contributed by atoms with E-state index in [2.05, 4.69) is 15.1 Å². The maximum absolute atomic E-state index is 14.6. The molecule has 0 aliphatic carbocycles. The molecule has 0 unspecified atom stereocenters. The first-order valence-electron chi connectivity index (χ1n) is 9.66. The summed E-state index contributed by atoms with van der Waals surface area (Å²) in [6.07, 6.45) is 3.98. The van der Waals surface area contributed by atoms with Gasteiger partial charge in [-0.3, -0.25) is 0 Å². The van der Waals surface area contributed by atoms with Crippen molar-refractivity contribution in [3.8, 4) is 23.1 Å². The van der Waals surface area contributed by atoms with E-state index >= 15 is 0 Å². The SMILES string of the molecule is CCc1cnn2c(N3CC(C)(C)C(F)(F)C3)cc(-c3cnc(OC)nc3OC)nc12. The van der Waals surface area contributed by atoms with Gasteiger partial charge in [0.15, 0.2) is 5.65 Å². The molecule has 3 aromatic heterocycles. The van der Waals surface area contributed by atoms with E-state index in [1.165, 1.54) is 14.2 Å². The lowest BCUT2D eigenvalue weighted by atomic mass is 9.89. The summed E-state index contributed by atoms with van der Waals surface area (Å²) in [5.74, 6) is -2.00. The Balaban J connectivity index is 1.91. The van der Waals surface area contributed by atoms with Gasteiger partial charge in [-0.2, -0.15) is 14.6 Å². The Morgan fingerprint density at radius 2 is 1.87 bits per heavy atom. The van der Waals surface area contributed by atoms with Crippen LogP contribution in [-0.2, 0) is 6.42 Å². The lowest BCUT2D eigenvalue weighted by Crippen LogP contribution is -2.34. The summed E-state index contributed by atoms with van der Waals surface area (Å²) >= 11 is 0. The van der Waals surface area contributed by atoms with Gasteiger partial charge in [0.05, 0.1) is 38.2 Å². The topological polar surface area (TPSA) is 77.7 Å². The Kier molecular flexibility index (Phi) is 4.74. The number of hydrogen-bond acceptors (Lipinski definition) is 7. The van der Waals surface area contributed by atoms with E-state index < -0.39 is 17.9 Å². The molecular formula is C20H24F2N6O2. The summed E-state index contributed by atoms with van der Waals surface area (Å²) in [6, 6.07) is 1.89. The van der Waals surface area contributed by atoms with Crippen molar-refractivity contribution in [2.45, 2.75) is 33.1 Å². The van der Waals surface area contributed by atoms with E-state index in [1.807, 2.05) is 6.92 Å². The zero-order valence-corrected chi connectivity index (χ0v) is 17.6. The molecule has 0 aromatic carbocycles. The molecule has 0 radical (unpaired) electrons. The largest absolute Gasteiger partial charge is 0.480 e. The number of hydrogen-bond donors (Lipinski definition) is 0. The summed E-state index contributed by atoms with van der Waals surface area (Å²) in [6.45, 7) is 4.95. The molecule has 1 aliphatic heterocycles. The molecule has 1 fully saturated rings. The van der Waals surface area contributed by atoms with Crippen LogP contribution < -0.4 is 14.4 Å². The van der Waals surface area contributed by atoms with Gasteiger partial charge in [0.2, 0.25) is 5.88 Å². The molecule has 0 amide bonds. The van der Waals surface area contributed by atoms with Crippen LogP contribution in [0.1, 0.15) is 26.3 Å². The van der Waals surface area contributed by atoms with Crippen LogP contribution >= 0.6 is 0 Å². The van der Waals surface area contributed by atoms with Crippen molar-refractivity contribution in [2.75, 3.05) is 32.2 Å². The van der Waals surface area contributed by atoms with Gasteiger partial charge < -0.3 is 14.4 Å². The number of aromatic nitrogens is 5. The van der Waals surface area contributed by atoms with Gasteiger partial charge in [-0.25, -0.2) is 18.7 Å². The molecular weight excluding hydrogens is 394 g/mol. The van der Waals surface area contributed by atoms with Crippen LogP contribution in [-0.4, -0.2) is 57.8 Å². The van der Waals surface area contributed by atoms with Gasteiger partial charge >= 0.3 is 6.01 Å². The number of ether oxygens (including phenoxy) is 2. The number of rotatable bonds is 5. The van der Waals surface area contributed by atoms with E-state index in [4.69, 9.17) is 14.5 Å². The molecule has 1 aliphatic rings. The minimum Gasteiger partial charge on any atom is -0.480 e. The number of fused-ring (bicyclic) bond motifs is 1. The number of methoxy groups -OCH3 is 2. The van der Waals surface area contributed by atoms with Gasteiger partial charge in [0.25, 0.3) is 5.92 Å². The highest BCUT2D eigenvalue weighted by Crippen LogP contribution is 2.45. The van der Waals surface area contributed by atoms with Gasteiger partial charge in [-0.05, 0) is 6.42 Å². The third-order valence-corrected chi connectivity index (χ3v) is 5.58. The van der Waals surface area contributed by atoms with E-state index in [-0.39, 0.29) is 18.4 Å². The predicted octanol–water partition coefficient (Wildman–Crippen LogP) is 3.25. The Morgan fingerprint density at radius 3 is 2.47 bits per heavy atom. The molecule has 0 atom stereocenters. The van der Waals surface area contributed by atoms with Crippen molar-refractivity contribution < 1.29 is 18.3 Å². The van der Waals surface area contributed by atoms with Gasteiger partial charge in [-0.1, -0.05) is 20.8 Å². The maximum Gasteiger partial charge on any atom is 0.319 e. The van der Waals surface area contributed by atoms with Crippen LogP contribution in [0.3, 0.4) is 0 Å². The molecule has 3 aromatic rings. The van der Waals surface area contributed by atoms with Crippen LogP contribution in [0.2, 0.25) is 0 Å². The first-order valence-corrected chi connectivity index (χ1v) is 9.66. The van der Waals surface area contributed by atoms with Crippen LogP contribution in [0, 0.1) is 5.41 Å². The molecule has 30 heavy (non-hydrogen) atoms. The van der Waals surface area contributed by atoms with E-state index in [9.17, 15) is 8.78 Å². The van der Waals surface area contributed by atoms with E-state index in [1.54, 1.807) is 41.7 Å². The summed E-state index contributed by atoms with van der Waals surface area (Å²) in [4.78, 5) is 14.8. The fourth-order valence-electron chi connectivity index (χ4n) is 3.65. The Hall–Kier alpha value is -3.04. The molecule has 160 valence electrons. The fraction of sp³-hybridized carbons (Fsp3) is 0.500. The zero-order chi connectivity index (χ0) is 21.7. The first kappa shape index (κ1) is 20.2. The van der Waals surface area contributed by atoms with Crippen molar-refractivity contribution in [1.82, 2.24) is 24.6 Å². The number of alkyl halides is 2. The van der Waals surface area contributed by atoms with Crippen molar-refractivity contribution >= 4 is 11.5 Å². The first-order chi connectivity index (χ1) is 14.2. The molecule has 0 bridgehead atoms. The molecule has 0 spiro atoms. The molecule has 0 saturated carbocycles. The molecule has 4 heterocycles. The highest BCUT2D eigenvalue weighted by molar-refractivity contribution is 5.71. The van der Waals surface area contributed by atoms with Crippen LogP contribution in [0.4, 0.5) is 14.6 Å². The summed E-state index contributed by atoms with van der Waals surface area (Å²) in [5, 5.41) is 4.42. The van der Waals surface area contributed by atoms with Crippen molar-refractivity contribution in [1.29, 1.82) is 0 Å². The summed E-state index contributed by atoms with van der Waals surface area (Å²) < 4.78 is 41.3. The average molecular weight is 418 g/mol. The lowest BCUT2D eigenvalue weighted by Gasteiger charge is -2.24. The maximum atomic E-state index is 14.6. The molecule has 1 saturated heterocycles. The highest BCUT2D eigenvalue weighted by atomic mass is 19.3. The van der Waals surface area contributed by atoms with Crippen molar-refractivity contribution in [3.63, 3.8) is 0 Å². The van der Waals surface area contributed by atoms with Crippen LogP contribution in [0.5, 0.6) is 11.9 Å². The van der Waals surface area contributed by atoms with Crippen molar-refractivity contribution in [2.24, 2.45) is 5.41 Å². The quantitative estimate of drug-likeness (QED) is 0.629. The third-order valence-electron chi connectivity index (χ3n) is 5.58. The second-order valence-electron chi connectivity index (χ2n) is 7.98. The van der Waals surface area contributed by atoms with Gasteiger partial charge in [0.1, 0.15) is 5.82 Å². The number of aryl methyl sites for hydroxylation is 1. The Bertz CT molecular complexity index is 1080. The van der Waals surface area contributed by atoms with E-state index in [0.717, 1.165) is 5.56 Å². The average Bonchev–Trinajstić information content (AvgIpc) is 3.23.